The Morgan fingerprint density at radius 1 is 0.771 bits per heavy atom. The molecule has 1 amide bonds. The Morgan fingerprint density at radius 3 is 2.20 bits per heavy atom. The highest BCUT2D eigenvalue weighted by molar-refractivity contribution is 8.27. The Balaban J connectivity index is 1.36. The first-order chi connectivity index (χ1) is 17.0. The largest absolute Gasteiger partial charge is 0.464 e. The first-order valence-corrected chi connectivity index (χ1v) is 12.0. The number of amides is 1. The smallest absolute Gasteiger partial charge is 0.270 e. The summed E-state index contributed by atoms with van der Waals surface area (Å²) in [5.74, 6) is -0.170. The van der Waals surface area contributed by atoms with Gasteiger partial charge in [0.25, 0.3) is 5.91 Å². The van der Waals surface area contributed by atoms with Crippen molar-refractivity contribution < 1.29 is 18.8 Å². The highest BCUT2D eigenvalue weighted by atomic mass is 32.2. The summed E-state index contributed by atoms with van der Waals surface area (Å²) in [5.41, 5.74) is 3.37. The molecule has 4 aromatic rings. The number of furan rings is 1. The fourth-order valence-electron chi connectivity index (χ4n) is 4.34. The predicted molar refractivity (Wildman–Crippen MR) is 140 cm³/mol. The molecule has 2 aliphatic rings. The van der Waals surface area contributed by atoms with Gasteiger partial charge in [-0.15, -0.1) is 0 Å². The van der Waals surface area contributed by atoms with Gasteiger partial charge in [-0.05, 0) is 24.3 Å². The van der Waals surface area contributed by atoms with E-state index >= 15 is 0 Å². The fourth-order valence-corrected chi connectivity index (χ4v) is 5.64. The van der Waals surface area contributed by atoms with Crippen molar-refractivity contribution in [3.63, 3.8) is 0 Å². The lowest BCUT2D eigenvalue weighted by Crippen LogP contribution is -2.27. The molecule has 1 aliphatic carbocycles. The van der Waals surface area contributed by atoms with E-state index in [1.807, 2.05) is 30.3 Å². The van der Waals surface area contributed by atoms with Crippen LogP contribution in [0.4, 0.5) is 5.69 Å². The van der Waals surface area contributed by atoms with Crippen LogP contribution in [0, 0.1) is 0 Å². The molecule has 0 bridgehead atoms. The Hall–Kier alpha value is -4.07. The van der Waals surface area contributed by atoms with Crippen molar-refractivity contribution in [3.05, 3.63) is 118 Å². The van der Waals surface area contributed by atoms with E-state index in [1.165, 1.54) is 22.9 Å². The molecule has 7 heteroatoms. The number of hydrogen-bond donors (Lipinski definition) is 0. The number of thioether (sulfide) groups is 1. The van der Waals surface area contributed by atoms with E-state index in [9.17, 15) is 14.4 Å². The number of ketones is 2. The molecule has 1 fully saturated rings. The molecule has 35 heavy (non-hydrogen) atoms. The van der Waals surface area contributed by atoms with Crippen molar-refractivity contribution in [2.24, 2.45) is 0 Å². The summed E-state index contributed by atoms with van der Waals surface area (Å²) in [6.45, 7) is 0. The predicted octanol–water partition coefficient (Wildman–Crippen LogP) is 6.13. The van der Waals surface area contributed by atoms with E-state index in [0.717, 1.165) is 0 Å². The normalized spacial score (nSPS) is 16.1. The minimum atomic E-state index is -0.215. The number of anilines is 1. The molecular weight excluding hydrogens is 478 g/mol. The average molecular weight is 494 g/mol. The maximum Gasteiger partial charge on any atom is 0.270 e. The van der Waals surface area contributed by atoms with Crippen molar-refractivity contribution in [2.75, 3.05) is 4.90 Å². The van der Waals surface area contributed by atoms with Crippen LogP contribution in [0.5, 0.6) is 0 Å². The summed E-state index contributed by atoms with van der Waals surface area (Å²) in [5, 5.41) is 0. The van der Waals surface area contributed by atoms with Crippen LogP contribution in [0.2, 0.25) is 0 Å². The monoisotopic (exact) mass is 493 g/mol. The molecule has 0 saturated carbocycles. The second kappa shape index (κ2) is 8.30. The second-order valence-electron chi connectivity index (χ2n) is 8.03. The van der Waals surface area contributed by atoms with Crippen molar-refractivity contribution in [1.29, 1.82) is 0 Å². The number of rotatable bonds is 3. The summed E-state index contributed by atoms with van der Waals surface area (Å²) < 4.78 is 6.25. The minimum absolute atomic E-state index is 0.187. The number of benzene rings is 3. The highest BCUT2D eigenvalue weighted by Crippen LogP contribution is 2.38. The number of carbonyl (C=O) groups excluding carboxylic acids is 3. The standard InChI is InChI=1S/C28H15NO4S2/c30-25-18-9-4-5-10-19(18)26(31)24-20(11-6-12-21(24)25)22-13-16(15-33-22)14-23-27(32)29(28(34)35-23)17-7-2-1-3-8-17/h1-15H/b23-14-. The molecule has 1 saturated heterocycles. The molecule has 0 atom stereocenters. The Labute approximate surface area is 210 Å². The zero-order valence-electron chi connectivity index (χ0n) is 18.1. The van der Waals surface area contributed by atoms with Gasteiger partial charge in [-0.2, -0.15) is 0 Å². The topological polar surface area (TPSA) is 67.6 Å². The van der Waals surface area contributed by atoms with Crippen molar-refractivity contribution in [2.45, 2.75) is 0 Å². The molecular formula is C28H15NO4S2. The summed E-state index contributed by atoms with van der Waals surface area (Å²) in [4.78, 5) is 41.3. The van der Waals surface area contributed by atoms with Gasteiger partial charge in [-0.3, -0.25) is 19.3 Å². The van der Waals surface area contributed by atoms with Gasteiger partial charge < -0.3 is 4.42 Å². The van der Waals surface area contributed by atoms with Crippen LogP contribution in [0.1, 0.15) is 37.4 Å². The Kier molecular flexibility index (Phi) is 5.09. The van der Waals surface area contributed by atoms with Gasteiger partial charge in [0, 0.05) is 33.4 Å². The third-order valence-electron chi connectivity index (χ3n) is 5.94. The molecule has 168 valence electrons. The average Bonchev–Trinajstić information content (AvgIpc) is 3.46. The van der Waals surface area contributed by atoms with E-state index in [2.05, 4.69) is 0 Å². The minimum Gasteiger partial charge on any atom is -0.464 e. The maximum atomic E-state index is 13.3. The summed E-state index contributed by atoms with van der Waals surface area (Å²) in [7, 11) is 0. The molecule has 1 aromatic heterocycles. The third-order valence-corrected chi connectivity index (χ3v) is 7.25. The first kappa shape index (κ1) is 21.5. The quantitative estimate of drug-likeness (QED) is 0.223. The van der Waals surface area contributed by atoms with Crippen molar-refractivity contribution in [1.82, 2.24) is 0 Å². The number of carbonyl (C=O) groups is 3. The van der Waals surface area contributed by atoms with Gasteiger partial charge in [0.2, 0.25) is 0 Å². The molecule has 6 rings (SSSR count). The van der Waals surface area contributed by atoms with E-state index in [0.29, 0.717) is 54.1 Å². The molecule has 1 aliphatic heterocycles. The number of para-hydroxylation sites is 1. The lowest BCUT2D eigenvalue weighted by molar-refractivity contribution is -0.113. The summed E-state index contributed by atoms with van der Waals surface area (Å²) in [6.07, 6.45) is 3.24. The van der Waals surface area contributed by atoms with Gasteiger partial charge in [0.05, 0.1) is 16.9 Å². The molecule has 2 heterocycles. The van der Waals surface area contributed by atoms with Gasteiger partial charge in [-0.1, -0.05) is 84.6 Å². The van der Waals surface area contributed by atoms with Crippen LogP contribution >= 0.6 is 24.0 Å². The molecule has 0 radical (unpaired) electrons. The molecule has 0 N–H and O–H groups in total. The first-order valence-electron chi connectivity index (χ1n) is 10.8. The van der Waals surface area contributed by atoms with Crippen molar-refractivity contribution in [3.8, 4) is 11.3 Å². The maximum absolute atomic E-state index is 13.3. The number of hydrogen-bond acceptors (Lipinski definition) is 6. The zero-order valence-corrected chi connectivity index (χ0v) is 19.7. The zero-order chi connectivity index (χ0) is 24.1. The van der Waals surface area contributed by atoms with Crippen LogP contribution < -0.4 is 4.90 Å². The SMILES string of the molecule is O=C1c2ccccc2C(=O)c2c1cccc2-c1cc(/C=C2\SC(=S)N(c3ccccc3)C2=O)co1. The molecule has 3 aromatic carbocycles. The highest BCUT2D eigenvalue weighted by Gasteiger charge is 2.34. The van der Waals surface area contributed by atoms with E-state index in [-0.39, 0.29) is 17.5 Å². The Bertz CT molecular complexity index is 1600. The van der Waals surface area contributed by atoms with Crippen molar-refractivity contribution >= 4 is 57.5 Å². The van der Waals surface area contributed by atoms with Crippen LogP contribution in [-0.2, 0) is 4.79 Å². The van der Waals surface area contributed by atoms with Gasteiger partial charge >= 0.3 is 0 Å². The van der Waals surface area contributed by atoms with Gasteiger partial charge in [0.1, 0.15) is 5.76 Å². The third kappa shape index (κ3) is 3.48. The molecule has 5 nitrogen and oxygen atoms in total. The van der Waals surface area contributed by atoms with E-state index < -0.39 is 0 Å². The van der Waals surface area contributed by atoms with E-state index in [4.69, 9.17) is 16.6 Å². The summed E-state index contributed by atoms with van der Waals surface area (Å²) >= 11 is 6.65. The van der Waals surface area contributed by atoms with Gasteiger partial charge in [-0.25, -0.2) is 0 Å². The van der Waals surface area contributed by atoms with Gasteiger partial charge in [0.15, 0.2) is 15.9 Å². The Morgan fingerprint density at radius 2 is 1.43 bits per heavy atom. The second-order valence-corrected chi connectivity index (χ2v) is 9.70. The van der Waals surface area contributed by atoms with Crippen LogP contribution in [0.25, 0.3) is 17.4 Å². The number of fused-ring (bicyclic) bond motifs is 2. The van der Waals surface area contributed by atoms with Crippen LogP contribution in [0.15, 0.2) is 94.4 Å². The number of thiocarbonyl (C=S) groups is 1. The molecule has 0 spiro atoms. The lowest BCUT2D eigenvalue weighted by Gasteiger charge is -2.19. The number of nitrogens with zero attached hydrogens (tertiary/aromatic N) is 1. The molecule has 0 unspecified atom stereocenters. The van der Waals surface area contributed by atoms with Crippen LogP contribution in [0.3, 0.4) is 0 Å². The van der Waals surface area contributed by atoms with Crippen LogP contribution in [-0.4, -0.2) is 21.8 Å². The lowest BCUT2D eigenvalue weighted by atomic mass is 9.81. The fraction of sp³-hybridized carbons (Fsp3) is 0. The summed E-state index contributed by atoms with van der Waals surface area (Å²) in [6, 6.07) is 23.0. The van der Waals surface area contributed by atoms with E-state index in [1.54, 1.807) is 54.6 Å².